The monoisotopic (exact) mass is 249 g/mol. The molecular weight excluding hydrogens is 233 g/mol. The first-order valence-corrected chi connectivity index (χ1v) is 6.37. The van der Waals surface area contributed by atoms with Gasteiger partial charge in [0, 0.05) is 6.54 Å². The van der Waals surface area contributed by atoms with Crippen molar-refractivity contribution in [2.24, 2.45) is 11.3 Å². The maximum absolute atomic E-state index is 11.8. The maximum atomic E-state index is 11.8. The van der Waals surface area contributed by atoms with Crippen LogP contribution in [0.25, 0.3) is 0 Å². The first-order chi connectivity index (χ1) is 6.96. The Morgan fingerprint density at radius 1 is 1.40 bits per heavy atom. The number of hydrogen-bond acceptors (Lipinski definition) is 1. The normalized spacial score (nSPS) is 34.1. The van der Waals surface area contributed by atoms with Gasteiger partial charge in [-0.3, -0.25) is 4.79 Å². The summed E-state index contributed by atoms with van der Waals surface area (Å²) in [4.78, 5) is 11.8. The molecule has 0 saturated heterocycles. The lowest BCUT2D eigenvalue weighted by Crippen LogP contribution is -2.36. The number of halogens is 2. The maximum Gasteiger partial charge on any atom is 0.229 e. The van der Waals surface area contributed by atoms with Crippen molar-refractivity contribution in [1.82, 2.24) is 5.32 Å². The third-order valence-electron chi connectivity index (χ3n) is 3.79. The molecule has 2 aliphatic rings. The second kappa shape index (κ2) is 3.81. The lowest BCUT2D eigenvalue weighted by molar-refractivity contribution is -0.125. The van der Waals surface area contributed by atoms with E-state index in [2.05, 4.69) is 5.32 Å². The summed E-state index contributed by atoms with van der Waals surface area (Å²) in [5.74, 6) is 0.677. The molecule has 2 fully saturated rings. The molecule has 15 heavy (non-hydrogen) atoms. The van der Waals surface area contributed by atoms with Crippen LogP contribution in [0.4, 0.5) is 0 Å². The molecule has 2 saturated carbocycles. The van der Waals surface area contributed by atoms with Crippen molar-refractivity contribution >= 4 is 29.1 Å². The smallest absolute Gasteiger partial charge is 0.229 e. The van der Waals surface area contributed by atoms with Gasteiger partial charge in [0.25, 0.3) is 0 Å². The Morgan fingerprint density at radius 3 is 2.40 bits per heavy atom. The zero-order chi connectivity index (χ0) is 11.1. The molecule has 0 spiro atoms. The van der Waals surface area contributed by atoms with Crippen LogP contribution >= 0.6 is 23.2 Å². The molecule has 0 aromatic carbocycles. The number of nitrogens with one attached hydrogen (secondary N) is 1. The fourth-order valence-electron chi connectivity index (χ4n) is 2.29. The number of carbonyl (C=O) groups excluding carboxylic acids is 1. The van der Waals surface area contributed by atoms with E-state index in [1.807, 2.05) is 6.92 Å². The van der Waals surface area contributed by atoms with Crippen molar-refractivity contribution in [2.45, 2.75) is 43.4 Å². The minimum Gasteiger partial charge on any atom is -0.355 e. The van der Waals surface area contributed by atoms with Crippen LogP contribution in [0.15, 0.2) is 0 Å². The van der Waals surface area contributed by atoms with Crippen LogP contribution in [-0.2, 0) is 4.79 Å². The highest BCUT2D eigenvalue weighted by Gasteiger charge is 2.67. The predicted molar refractivity (Wildman–Crippen MR) is 62.1 cm³/mol. The molecule has 2 nitrogen and oxygen atoms in total. The molecule has 0 radical (unpaired) electrons. The van der Waals surface area contributed by atoms with Gasteiger partial charge in [-0.05, 0) is 32.1 Å². The van der Waals surface area contributed by atoms with Crippen LogP contribution in [0.5, 0.6) is 0 Å². The minimum absolute atomic E-state index is 0.0133. The fraction of sp³-hybridized carbons (Fsp3) is 0.909. The number of carbonyl (C=O) groups is 1. The van der Waals surface area contributed by atoms with E-state index in [4.69, 9.17) is 23.2 Å². The van der Waals surface area contributed by atoms with Gasteiger partial charge in [-0.25, -0.2) is 0 Å². The Balaban J connectivity index is 1.78. The second-order valence-electron chi connectivity index (χ2n) is 5.07. The van der Waals surface area contributed by atoms with Gasteiger partial charge < -0.3 is 5.32 Å². The molecule has 1 N–H and O–H groups in total. The molecule has 1 amide bonds. The molecule has 0 aliphatic heterocycles. The molecular formula is C11H17Cl2NO. The van der Waals surface area contributed by atoms with Crippen molar-refractivity contribution < 1.29 is 4.79 Å². The number of hydrogen-bond donors (Lipinski definition) is 1. The van der Waals surface area contributed by atoms with Crippen LogP contribution in [0.1, 0.15) is 39.0 Å². The third-order valence-corrected chi connectivity index (χ3v) is 4.89. The highest BCUT2D eigenvalue weighted by molar-refractivity contribution is 6.53. The summed E-state index contributed by atoms with van der Waals surface area (Å²) in [5, 5.41) is 2.97. The van der Waals surface area contributed by atoms with Gasteiger partial charge in [0.2, 0.25) is 5.91 Å². The Hall–Kier alpha value is 0.0500. The van der Waals surface area contributed by atoms with Gasteiger partial charge in [0.05, 0.1) is 5.41 Å². The van der Waals surface area contributed by atoms with E-state index in [0.717, 1.165) is 6.54 Å². The Labute approximate surface area is 101 Å². The van der Waals surface area contributed by atoms with Gasteiger partial charge in [-0.2, -0.15) is 0 Å². The van der Waals surface area contributed by atoms with Crippen LogP contribution < -0.4 is 5.32 Å². The number of amides is 1. The average Bonchev–Trinajstić information content (AvgIpc) is 2.57. The highest BCUT2D eigenvalue weighted by atomic mass is 35.5. The molecule has 0 bridgehead atoms. The predicted octanol–water partition coefficient (Wildman–Crippen LogP) is 2.88. The molecule has 1 atom stereocenters. The van der Waals surface area contributed by atoms with Crippen LogP contribution in [0.3, 0.4) is 0 Å². The van der Waals surface area contributed by atoms with E-state index in [9.17, 15) is 4.79 Å². The van der Waals surface area contributed by atoms with Crippen molar-refractivity contribution in [2.75, 3.05) is 6.54 Å². The standard InChI is InChI=1S/C11H17Cl2NO/c1-10(7-11(10,12)13)9(15)14-6-8-4-2-3-5-8/h8H,2-7H2,1H3,(H,14,15)/t10-/m0/s1. The Bertz CT molecular complexity index is 274. The number of alkyl halides is 2. The van der Waals surface area contributed by atoms with Crippen molar-refractivity contribution in [1.29, 1.82) is 0 Å². The van der Waals surface area contributed by atoms with Gasteiger partial charge in [0.15, 0.2) is 0 Å². The van der Waals surface area contributed by atoms with Crippen LogP contribution in [0.2, 0.25) is 0 Å². The number of rotatable bonds is 3. The highest BCUT2D eigenvalue weighted by Crippen LogP contribution is 2.63. The third kappa shape index (κ3) is 2.12. The first-order valence-electron chi connectivity index (χ1n) is 5.62. The summed E-state index contributed by atoms with van der Waals surface area (Å²) in [6.07, 6.45) is 5.65. The lowest BCUT2D eigenvalue weighted by atomic mass is 10.1. The molecule has 4 heteroatoms. The Morgan fingerprint density at radius 2 is 1.93 bits per heavy atom. The summed E-state index contributed by atoms with van der Waals surface area (Å²) in [6.45, 7) is 2.62. The summed E-state index contributed by atoms with van der Waals surface area (Å²) in [6, 6.07) is 0. The molecule has 0 heterocycles. The first kappa shape index (κ1) is 11.5. The lowest BCUT2D eigenvalue weighted by Gasteiger charge is -2.15. The van der Waals surface area contributed by atoms with Gasteiger partial charge in [-0.15, -0.1) is 23.2 Å². The topological polar surface area (TPSA) is 29.1 Å². The Kier molecular flexibility index (Phi) is 2.93. The van der Waals surface area contributed by atoms with Gasteiger partial charge >= 0.3 is 0 Å². The summed E-state index contributed by atoms with van der Waals surface area (Å²) in [5.41, 5.74) is -0.561. The summed E-state index contributed by atoms with van der Waals surface area (Å²) < 4.78 is -0.841. The van der Waals surface area contributed by atoms with E-state index < -0.39 is 9.75 Å². The molecule has 0 aromatic heterocycles. The van der Waals surface area contributed by atoms with E-state index in [1.54, 1.807) is 0 Å². The van der Waals surface area contributed by atoms with E-state index in [1.165, 1.54) is 25.7 Å². The molecule has 2 aliphatic carbocycles. The summed E-state index contributed by atoms with van der Waals surface area (Å²) in [7, 11) is 0. The van der Waals surface area contributed by atoms with Crippen LogP contribution in [-0.4, -0.2) is 16.8 Å². The molecule has 2 rings (SSSR count). The SMILES string of the molecule is C[C@@]1(C(=O)NCC2CCCC2)CC1(Cl)Cl. The molecule has 86 valence electrons. The zero-order valence-corrected chi connectivity index (χ0v) is 10.5. The second-order valence-corrected chi connectivity index (χ2v) is 6.56. The van der Waals surface area contributed by atoms with Crippen molar-refractivity contribution in [3.63, 3.8) is 0 Å². The zero-order valence-electron chi connectivity index (χ0n) is 8.98. The average molecular weight is 250 g/mol. The largest absolute Gasteiger partial charge is 0.355 e. The van der Waals surface area contributed by atoms with E-state index >= 15 is 0 Å². The van der Waals surface area contributed by atoms with Crippen molar-refractivity contribution in [3.05, 3.63) is 0 Å². The van der Waals surface area contributed by atoms with Crippen molar-refractivity contribution in [3.8, 4) is 0 Å². The van der Waals surface area contributed by atoms with E-state index in [-0.39, 0.29) is 5.91 Å². The van der Waals surface area contributed by atoms with E-state index in [0.29, 0.717) is 12.3 Å². The fourth-order valence-corrected chi connectivity index (χ4v) is 3.00. The summed E-state index contributed by atoms with van der Waals surface area (Å²) >= 11 is 11.9. The van der Waals surface area contributed by atoms with Crippen LogP contribution in [0, 0.1) is 11.3 Å². The molecule has 0 aromatic rings. The van der Waals surface area contributed by atoms with Gasteiger partial charge in [-0.1, -0.05) is 12.8 Å². The van der Waals surface area contributed by atoms with Gasteiger partial charge in [0.1, 0.15) is 4.33 Å². The quantitative estimate of drug-likeness (QED) is 0.766. The molecule has 0 unspecified atom stereocenters. The minimum atomic E-state index is -0.841.